The van der Waals surface area contributed by atoms with Gasteiger partial charge in [-0.3, -0.25) is 0 Å². The van der Waals surface area contributed by atoms with Gasteiger partial charge in [0.15, 0.2) is 0 Å². The molecular weight excluding hydrogens is 297 g/mol. The smallest absolute Gasteiger partial charge is 0.416 e. The van der Waals surface area contributed by atoms with Gasteiger partial charge < -0.3 is 4.74 Å². The van der Waals surface area contributed by atoms with E-state index in [0.717, 1.165) is 0 Å². The molecule has 0 N–H and O–H groups in total. The fourth-order valence-corrected chi connectivity index (χ4v) is 1.61. The monoisotopic (exact) mass is 310 g/mol. The molecule has 0 amide bonds. The van der Waals surface area contributed by atoms with Crippen LogP contribution in [0.25, 0.3) is 0 Å². The van der Waals surface area contributed by atoms with E-state index in [9.17, 15) is 26.3 Å². The third-order valence-corrected chi connectivity index (χ3v) is 3.08. The minimum atomic E-state index is -4.91. The molecule has 116 valence electrons. The quantitative estimate of drug-likeness (QED) is 0.574. The summed E-state index contributed by atoms with van der Waals surface area (Å²) in [6, 6.07) is 1.08. The summed E-state index contributed by atoms with van der Waals surface area (Å²) in [5, 5.41) is 0. The van der Waals surface area contributed by atoms with Crippen molar-refractivity contribution >= 4 is 7.85 Å². The van der Waals surface area contributed by atoms with Crippen molar-refractivity contribution in [1.82, 2.24) is 0 Å². The van der Waals surface area contributed by atoms with Crippen molar-refractivity contribution in [3.8, 4) is 5.75 Å². The van der Waals surface area contributed by atoms with Crippen LogP contribution in [-0.4, -0.2) is 13.3 Å². The maximum atomic E-state index is 12.7. The second kappa shape index (κ2) is 5.81. The third-order valence-electron chi connectivity index (χ3n) is 3.08. The highest BCUT2D eigenvalue weighted by atomic mass is 19.4. The van der Waals surface area contributed by atoms with Crippen LogP contribution in [0.2, 0.25) is 0 Å². The molecule has 1 aromatic rings. The summed E-state index contributed by atoms with van der Waals surface area (Å²) in [4.78, 5) is 0. The van der Waals surface area contributed by atoms with Gasteiger partial charge >= 0.3 is 12.4 Å². The summed E-state index contributed by atoms with van der Waals surface area (Å²) in [6.07, 6.45) is -9.34. The van der Waals surface area contributed by atoms with Crippen LogP contribution in [0.15, 0.2) is 18.2 Å². The lowest BCUT2D eigenvalue weighted by atomic mass is 9.77. The molecule has 0 spiro atoms. The molecule has 0 saturated heterocycles. The Balaban J connectivity index is 3.33. The first-order valence-corrected chi connectivity index (χ1v) is 6.18. The maximum absolute atomic E-state index is 12.7. The first-order chi connectivity index (χ1) is 9.41. The van der Waals surface area contributed by atoms with E-state index in [-0.39, 0.29) is 18.9 Å². The van der Waals surface area contributed by atoms with E-state index in [4.69, 9.17) is 12.6 Å². The van der Waals surface area contributed by atoms with Crippen molar-refractivity contribution in [3.63, 3.8) is 0 Å². The van der Waals surface area contributed by atoms with Crippen molar-refractivity contribution in [2.75, 3.05) is 0 Å². The first kappa shape index (κ1) is 17.7. The largest absolute Gasteiger partial charge is 0.497 e. The topological polar surface area (TPSA) is 9.23 Å². The molecule has 0 fully saturated rings. The molecule has 8 heteroatoms. The second-order valence-electron chi connectivity index (χ2n) is 4.62. The highest BCUT2D eigenvalue weighted by Gasteiger charge is 2.37. The Hall–Kier alpha value is -1.34. The summed E-state index contributed by atoms with van der Waals surface area (Å²) in [6.45, 7) is 3.25. The Labute approximate surface area is 119 Å². The van der Waals surface area contributed by atoms with Gasteiger partial charge in [-0.1, -0.05) is 13.8 Å². The molecule has 0 aliphatic carbocycles. The molecule has 1 aromatic carbocycles. The summed E-state index contributed by atoms with van der Waals surface area (Å²) in [5.41, 5.74) is -4.17. The standard InChI is InChI=1S/C13H13BF6O/c1-3-11(14,4-2)21-10-6-8(12(15,16)17)5-9(7-10)13(18,19)20/h5-7H,3-4H2,1-2H3. The highest BCUT2D eigenvalue weighted by molar-refractivity contribution is 6.14. The minimum absolute atomic E-state index is 0.0446. The van der Waals surface area contributed by atoms with E-state index in [2.05, 4.69) is 0 Å². The zero-order valence-corrected chi connectivity index (χ0v) is 11.4. The zero-order valence-electron chi connectivity index (χ0n) is 11.4. The molecule has 0 saturated carbocycles. The average molecular weight is 310 g/mol. The Morgan fingerprint density at radius 3 is 1.52 bits per heavy atom. The number of benzene rings is 1. The van der Waals surface area contributed by atoms with Gasteiger partial charge in [0.1, 0.15) is 13.6 Å². The van der Waals surface area contributed by atoms with Gasteiger partial charge in [0.25, 0.3) is 0 Å². The van der Waals surface area contributed by atoms with Crippen LogP contribution >= 0.6 is 0 Å². The van der Waals surface area contributed by atoms with Gasteiger partial charge in [0.05, 0.1) is 16.6 Å². The van der Waals surface area contributed by atoms with Crippen LogP contribution in [0.5, 0.6) is 5.75 Å². The fourth-order valence-electron chi connectivity index (χ4n) is 1.61. The summed E-state index contributed by atoms with van der Waals surface area (Å²) in [7, 11) is 5.76. The fraction of sp³-hybridized carbons (Fsp3) is 0.538. The van der Waals surface area contributed by atoms with Crippen molar-refractivity contribution in [2.24, 2.45) is 0 Å². The molecule has 0 aromatic heterocycles. The predicted molar refractivity (Wildman–Crippen MR) is 66.1 cm³/mol. The van der Waals surface area contributed by atoms with E-state index >= 15 is 0 Å². The molecule has 0 atom stereocenters. The molecule has 2 radical (unpaired) electrons. The number of ether oxygens (including phenoxy) is 1. The predicted octanol–water partition coefficient (Wildman–Crippen LogP) is 4.79. The second-order valence-corrected chi connectivity index (χ2v) is 4.62. The van der Waals surface area contributed by atoms with E-state index in [1.54, 1.807) is 13.8 Å². The lowest BCUT2D eigenvalue weighted by molar-refractivity contribution is -0.143. The number of hydrogen-bond acceptors (Lipinski definition) is 1. The average Bonchev–Trinajstić information content (AvgIpc) is 2.36. The molecule has 0 aliphatic heterocycles. The Kier molecular flexibility index (Phi) is 4.90. The third kappa shape index (κ3) is 4.57. The van der Waals surface area contributed by atoms with Gasteiger partial charge in [0.2, 0.25) is 0 Å². The Morgan fingerprint density at radius 2 is 1.24 bits per heavy atom. The molecular formula is C13H13BF6O. The lowest BCUT2D eigenvalue weighted by Crippen LogP contribution is -2.35. The molecule has 1 nitrogen and oxygen atoms in total. The maximum Gasteiger partial charge on any atom is 0.416 e. The van der Waals surface area contributed by atoms with Crippen LogP contribution in [-0.2, 0) is 12.4 Å². The Morgan fingerprint density at radius 1 is 0.857 bits per heavy atom. The first-order valence-electron chi connectivity index (χ1n) is 6.18. The van der Waals surface area contributed by atoms with Gasteiger partial charge in [-0.25, -0.2) is 0 Å². The summed E-state index contributed by atoms with van der Waals surface area (Å²) < 4.78 is 81.2. The zero-order chi connectivity index (χ0) is 16.5. The van der Waals surface area contributed by atoms with Crippen LogP contribution in [0.1, 0.15) is 37.8 Å². The summed E-state index contributed by atoms with van der Waals surface area (Å²) in [5.74, 6) is -0.552. The molecule has 0 unspecified atom stereocenters. The van der Waals surface area contributed by atoms with Crippen LogP contribution in [0, 0.1) is 0 Å². The number of hydrogen-bond donors (Lipinski definition) is 0. The normalized spacial score (nSPS) is 13.3. The van der Waals surface area contributed by atoms with Crippen LogP contribution in [0.4, 0.5) is 26.3 Å². The number of halogens is 6. The highest BCUT2D eigenvalue weighted by Crippen LogP contribution is 2.39. The molecule has 0 aliphatic rings. The van der Waals surface area contributed by atoms with Crippen LogP contribution < -0.4 is 4.74 Å². The minimum Gasteiger partial charge on any atom is -0.497 e. The van der Waals surface area contributed by atoms with Gasteiger partial charge in [0, 0.05) is 0 Å². The van der Waals surface area contributed by atoms with Gasteiger partial charge in [-0.2, -0.15) is 26.3 Å². The van der Waals surface area contributed by atoms with E-state index < -0.39 is 34.7 Å². The molecule has 0 heterocycles. The number of alkyl halides is 6. The molecule has 21 heavy (non-hydrogen) atoms. The van der Waals surface area contributed by atoms with Crippen LogP contribution in [0.3, 0.4) is 0 Å². The van der Waals surface area contributed by atoms with Crippen molar-refractivity contribution in [1.29, 1.82) is 0 Å². The lowest BCUT2D eigenvalue weighted by Gasteiger charge is -2.30. The molecule has 0 bridgehead atoms. The molecule has 1 rings (SSSR count). The van der Waals surface area contributed by atoms with E-state index in [1.807, 2.05) is 0 Å². The van der Waals surface area contributed by atoms with Crippen molar-refractivity contribution in [3.05, 3.63) is 29.3 Å². The van der Waals surface area contributed by atoms with E-state index in [1.165, 1.54) is 0 Å². The summed E-state index contributed by atoms with van der Waals surface area (Å²) >= 11 is 0. The SMILES string of the molecule is [B]C(CC)(CC)Oc1cc(C(F)(F)F)cc(C(F)(F)F)c1. The van der Waals surface area contributed by atoms with E-state index in [0.29, 0.717) is 12.1 Å². The number of rotatable bonds is 4. The van der Waals surface area contributed by atoms with Crippen molar-refractivity contribution in [2.45, 2.75) is 44.5 Å². The van der Waals surface area contributed by atoms with Gasteiger partial charge in [-0.15, -0.1) is 0 Å². The Bertz CT molecular complexity index is 458. The van der Waals surface area contributed by atoms with Gasteiger partial charge in [-0.05, 0) is 31.0 Å². The van der Waals surface area contributed by atoms with Crippen molar-refractivity contribution < 1.29 is 31.1 Å².